The molecule has 0 aliphatic carbocycles. The van der Waals surface area contributed by atoms with Crippen molar-refractivity contribution in [1.82, 2.24) is 0 Å². The predicted molar refractivity (Wildman–Crippen MR) is 178 cm³/mol. The highest BCUT2D eigenvalue weighted by Gasteiger charge is 2.36. The zero-order chi connectivity index (χ0) is 31.9. The summed E-state index contributed by atoms with van der Waals surface area (Å²) in [5.74, 6) is 0.793. The zero-order valence-corrected chi connectivity index (χ0v) is 28.7. The molecule has 0 spiro atoms. The molecule has 0 radical (unpaired) electrons. The van der Waals surface area contributed by atoms with Gasteiger partial charge < -0.3 is 28.1 Å². The molecule has 1 amide bonds. The van der Waals surface area contributed by atoms with E-state index in [1.165, 1.54) is 4.90 Å². The number of hydrogen-bond donors (Lipinski definition) is 0. The second kappa shape index (κ2) is 17.6. The normalized spacial score (nSPS) is 12.5. The van der Waals surface area contributed by atoms with E-state index in [-0.39, 0.29) is 11.1 Å². The van der Waals surface area contributed by atoms with Gasteiger partial charge in [-0.3, -0.25) is 4.90 Å². The monoisotopic (exact) mass is 615 g/mol. The number of anilines is 1. The average Bonchev–Trinajstić information content (AvgIpc) is 2.93. The van der Waals surface area contributed by atoms with Crippen LogP contribution in [0.4, 0.5) is 10.5 Å². The molecule has 0 bridgehead atoms. The van der Waals surface area contributed by atoms with E-state index in [0.717, 1.165) is 22.6 Å². The van der Waals surface area contributed by atoms with Gasteiger partial charge in [-0.15, -0.1) is 0 Å². The molecule has 2 aromatic carbocycles. The van der Waals surface area contributed by atoms with Gasteiger partial charge in [0.1, 0.15) is 18.0 Å². The summed E-state index contributed by atoms with van der Waals surface area (Å²) in [5.41, 5.74) is 2.33. The number of amides is 1. The summed E-state index contributed by atoms with van der Waals surface area (Å²) in [5, 5.41) is 0.213. The molecule has 8 nitrogen and oxygen atoms in total. The van der Waals surface area contributed by atoms with Gasteiger partial charge in [0.15, 0.2) is 8.32 Å². The molecule has 0 aliphatic rings. The standard InChI is InChI=1S/C34H53NO7Si/c1-33(2,3)42-32(36)35(7)30-16-12-28(13-17-30)10-11-29-14-18-31(19-15-29)40-26-24-38-22-20-37-21-23-39-25-27-41-43(8,9)34(4,5)6/h10-19H,20-27H2,1-9H3. The molecule has 0 saturated carbocycles. The third-order valence-electron chi connectivity index (χ3n) is 7.03. The highest BCUT2D eigenvalue weighted by Crippen LogP contribution is 2.36. The Morgan fingerprint density at radius 1 is 0.698 bits per heavy atom. The molecule has 0 saturated heterocycles. The van der Waals surface area contributed by atoms with E-state index >= 15 is 0 Å². The predicted octanol–water partition coefficient (Wildman–Crippen LogP) is 7.68. The van der Waals surface area contributed by atoms with Crippen LogP contribution in [0.3, 0.4) is 0 Å². The van der Waals surface area contributed by atoms with Gasteiger partial charge in [-0.1, -0.05) is 57.2 Å². The van der Waals surface area contributed by atoms with E-state index in [0.29, 0.717) is 52.9 Å². The molecule has 9 heteroatoms. The molecule has 0 aromatic heterocycles. The van der Waals surface area contributed by atoms with Crippen molar-refractivity contribution in [2.45, 2.75) is 65.3 Å². The minimum absolute atomic E-state index is 0.213. The van der Waals surface area contributed by atoms with E-state index < -0.39 is 13.9 Å². The number of ether oxygens (including phenoxy) is 5. The van der Waals surface area contributed by atoms with E-state index in [1.807, 2.05) is 81.5 Å². The smallest absolute Gasteiger partial charge is 0.414 e. The van der Waals surface area contributed by atoms with E-state index in [4.69, 9.17) is 28.1 Å². The van der Waals surface area contributed by atoms with Crippen LogP contribution in [0, 0.1) is 0 Å². The van der Waals surface area contributed by atoms with Crippen molar-refractivity contribution in [3.63, 3.8) is 0 Å². The van der Waals surface area contributed by atoms with Crippen LogP contribution < -0.4 is 9.64 Å². The van der Waals surface area contributed by atoms with Crippen LogP contribution in [0.5, 0.6) is 5.75 Å². The number of carbonyl (C=O) groups excluding carboxylic acids is 1. The molecule has 240 valence electrons. The number of benzene rings is 2. The van der Waals surface area contributed by atoms with Crippen molar-refractivity contribution in [2.24, 2.45) is 0 Å². The Labute approximate surface area is 260 Å². The summed E-state index contributed by atoms with van der Waals surface area (Å²) >= 11 is 0. The second-order valence-corrected chi connectivity index (χ2v) is 17.6. The minimum atomic E-state index is -1.71. The first-order chi connectivity index (χ1) is 20.2. The molecule has 0 aliphatic heterocycles. The molecule has 0 heterocycles. The van der Waals surface area contributed by atoms with Crippen LogP contribution in [0.25, 0.3) is 12.2 Å². The van der Waals surface area contributed by atoms with Crippen molar-refractivity contribution in [2.75, 3.05) is 64.8 Å². The average molecular weight is 616 g/mol. The maximum absolute atomic E-state index is 12.3. The van der Waals surface area contributed by atoms with E-state index in [2.05, 4.69) is 33.9 Å². The largest absolute Gasteiger partial charge is 0.491 e. The maximum Gasteiger partial charge on any atom is 0.414 e. The molecule has 0 fully saturated rings. The Bertz CT molecular complexity index is 1100. The molecule has 2 rings (SSSR count). The SMILES string of the molecule is CN(C(=O)OC(C)(C)C)c1ccc(C=Cc2ccc(OCCOCCOCCOCCO[Si](C)(C)C(C)(C)C)cc2)cc1. The lowest BCUT2D eigenvalue weighted by atomic mass is 10.1. The fraction of sp³-hybridized carbons (Fsp3) is 0.559. The molecular formula is C34H53NO7Si. The van der Waals surface area contributed by atoms with Crippen molar-refractivity contribution < 1.29 is 32.9 Å². The van der Waals surface area contributed by atoms with Gasteiger partial charge >= 0.3 is 6.09 Å². The Kier molecular flexibility index (Phi) is 14.9. The van der Waals surface area contributed by atoms with E-state index in [1.54, 1.807) is 7.05 Å². The van der Waals surface area contributed by atoms with Crippen LogP contribution in [0.2, 0.25) is 18.1 Å². The van der Waals surface area contributed by atoms with Crippen molar-refractivity contribution >= 4 is 32.3 Å². The summed E-state index contributed by atoms with van der Waals surface area (Å²) < 4.78 is 34.0. The highest BCUT2D eigenvalue weighted by molar-refractivity contribution is 6.74. The first kappa shape index (κ1) is 36.5. The number of hydrogen-bond acceptors (Lipinski definition) is 7. The van der Waals surface area contributed by atoms with Crippen LogP contribution >= 0.6 is 0 Å². The van der Waals surface area contributed by atoms with Crippen molar-refractivity contribution in [1.29, 1.82) is 0 Å². The lowest BCUT2D eigenvalue weighted by molar-refractivity contribution is 0.00431. The summed E-state index contributed by atoms with van der Waals surface area (Å²) in [6.07, 6.45) is 3.68. The van der Waals surface area contributed by atoms with Gasteiger partial charge in [-0.2, -0.15) is 0 Å². The van der Waals surface area contributed by atoms with Gasteiger partial charge in [0.25, 0.3) is 0 Å². The van der Waals surface area contributed by atoms with Crippen LogP contribution in [-0.4, -0.2) is 79.9 Å². The first-order valence-corrected chi connectivity index (χ1v) is 17.9. The number of carbonyl (C=O) groups is 1. The third kappa shape index (κ3) is 14.6. The van der Waals surface area contributed by atoms with Gasteiger partial charge in [0.05, 0.1) is 46.2 Å². The highest BCUT2D eigenvalue weighted by atomic mass is 28.4. The summed E-state index contributed by atoms with van der Waals surface area (Å²) in [6, 6.07) is 15.6. The van der Waals surface area contributed by atoms with E-state index in [9.17, 15) is 4.79 Å². The van der Waals surface area contributed by atoms with Crippen LogP contribution in [0.1, 0.15) is 52.7 Å². The van der Waals surface area contributed by atoms with Gasteiger partial charge in [-0.25, -0.2) is 4.79 Å². The third-order valence-corrected chi connectivity index (χ3v) is 11.6. The molecule has 0 unspecified atom stereocenters. The van der Waals surface area contributed by atoms with Crippen molar-refractivity contribution in [3.8, 4) is 5.75 Å². The Morgan fingerprint density at radius 2 is 1.14 bits per heavy atom. The fourth-order valence-electron chi connectivity index (χ4n) is 3.45. The Morgan fingerprint density at radius 3 is 1.60 bits per heavy atom. The lowest BCUT2D eigenvalue weighted by Gasteiger charge is -2.36. The Hall–Kier alpha value is -2.69. The minimum Gasteiger partial charge on any atom is -0.491 e. The van der Waals surface area contributed by atoms with Gasteiger partial charge in [0, 0.05) is 12.7 Å². The molecule has 0 atom stereocenters. The summed E-state index contributed by atoms with van der Waals surface area (Å²) in [4.78, 5) is 13.8. The van der Waals surface area contributed by atoms with Crippen LogP contribution in [0.15, 0.2) is 48.5 Å². The van der Waals surface area contributed by atoms with Crippen molar-refractivity contribution in [3.05, 3.63) is 59.7 Å². The number of rotatable bonds is 17. The van der Waals surface area contributed by atoms with Gasteiger partial charge in [0.2, 0.25) is 0 Å². The quantitative estimate of drug-likeness (QED) is 0.103. The molecule has 2 aromatic rings. The molecule has 0 N–H and O–H groups in total. The lowest BCUT2D eigenvalue weighted by Crippen LogP contribution is -2.41. The molecule has 43 heavy (non-hydrogen) atoms. The topological polar surface area (TPSA) is 75.7 Å². The first-order valence-electron chi connectivity index (χ1n) is 15.0. The second-order valence-electron chi connectivity index (χ2n) is 12.8. The zero-order valence-electron chi connectivity index (χ0n) is 27.7. The number of nitrogens with zero attached hydrogens (tertiary/aromatic N) is 1. The fourth-order valence-corrected chi connectivity index (χ4v) is 4.47. The molecular weight excluding hydrogens is 562 g/mol. The van der Waals surface area contributed by atoms with Gasteiger partial charge in [-0.05, 0) is 74.3 Å². The summed E-state index contributed by atoms with van der Waals surface area (Å²) in [6.45, 7) is 21.1. The Balaban J connectivity index is 1.55. The summed E-state index contributed by atoms with van der Waals surface area (Å²) in [7, 11) is -0.00104. The maximum atomic E-state index is 12.3. The van der Waals surface area contributed by atoms with Crippen LogP contribution in [-0.2, 0) is 23.4 Å².